The fourth-order valence-corrected chi connectivity index (χ4v) is 11.7. The molecule has 6 aromatic carbocycles. The SMILES string of the molecule is CC(OP(=O)(O)O)C(COP(=O)(O)OC(C)C(COP(=O)(O)OC(C)C(CO)NC(=O)c1c2ccccc2nc2ccccc12)NC(=O)c1c2ccccc2nc2ccccc12)NC(=O)c1c2ccccc2nc2ccccc12. The maximum atomic E-state index is 14.6. The molecule has 9 aromatic rings. The van der Waals surface area contributed by atoms with E-state index in [1.165, 1.54) is 20.8 Å². The van der Waals surface area contributed by atoms with Gasteiger partial charge in [0.05, 0.1) is 106 Å². The van der Waals surface area contributed by atoms with Gasteiger partial charge in [-0.15, -0.1) is 0 Å². The number of aliphatic hydroxyl groups is 1. The van der Waals surface area contributed by atoms with E-state index in [1.54, 1.807) is 146 Å². The molecule has 0 fully saturated rings. The molecule has 0 aliphatic rings. The molecule has 0 bridgehead atoms. The van der Waals surface area contributed by atoms with E-state index in [1.807, 2.05) is 0 Å². The number of para-hydroxylation sites is 6. The van der Waals surface area contributed by atoms with Crippen LogP contribution in [-0.4, -0.2) is 114 Å². The molecule has 0 aliphatic carbocycles. The van der Waals surface area contributed by atoms with Crippen LogP contribution < -0.4 is 16.0 Å². The van der Waals surface area contributed by atoms with Crippen molar-refractivity contribution in [1.29, 1.82) is 0 Å². The minimum atomic E-state index is -5.37. The minimum Gasteiger partial charge on any atom is -0.394 e. The zero-order valence-corrected chi connectivity index (χ0v) is 45.0. The lowest BCUT2D eigenvalue weighted by Crippen LogP contribution is -2.47. The lowest BCUT2D eigenvalue weighted by molar-refractivity contribution is 0.0383. The van der Waals surface area contributed by atoms with Gasteiger partial charge in [-0.25, -0.2) is 28.6 Å². The number of benzene rings is 6. The van der Waals surface area contributed by atoms with Crippen molar-refractivity contribution >= 4 is 107 Å². The third kappa shape index (κ3) is 13.2. The van der Waals surface area contributed by atoms with Crippen LogP contribution >= 0.6 is 23.5 Å². The van der Waals surface area contributed by atoms with Crippen LogP contribution in [0.5, 0.6) is 0 Å². The van der Waals surface area contributed by atoms with Crippen LogP contribution in [0.1, 0.15) is 51.8 Å². The highest BCUT2D eigenvalue weighted by molar-refractivity contribution is 7.47. The van der Waals surface area contributed by atoms with E-state index >= 15 is 0 Å². The highest BCUT2D eigenvalue weighted by Gasteiger charge is 2.38. The molecular weight excluding hydrogens is 1080 g/mol. The van der Waals surface area contributed by atoms with Gasteiger partial charge in [0.15, 0.2) is 0 Å². The molecule has 79 heavy (non-hydrogen) atoms. The summed E-state index contributed by atoms with van der Waals surface area (Å²) >= 11 is 0. The van der Waals surface area contributed by atoms with E-state index in [9.17, 15) is 52.8 Å². The van der Waals surface area contributed by atoms with Crippen LogP contribution in [0.3, 0.4) is 0 Å². The van der Waals surface area contributed by atoms with Crippen molar-refractivity contribution in [2.24, 2.45) is 0 Å². The maximum absolute atomic E-state index is 14.6. The maximum Gasteiger partial charge on any atom is 0.472 e. The fraction of sp³-hybridized carbons (Fsp3) is 0.222. The Morgan fingerprint density at radius 1 is 0.418 bits per heavy atom. The van der Waals surface area contributed by atoms with Crippen LogP contribution in [0.4, 0.5) is 0 Å². The predicted octanol–water partition coefficient (Wildman–Crippen LogP) is 8.02. The molecule has 3 amide bonds. The lowest BCUT2D eigenvalue weighted by atomic mass is 10.0. The topological polar surface area (TPSA) is 324 Å². The lowest BCUT2D eigenvalue weighted by Gasteiger charge is -2.30. The smallest absolute Gasteiger partial charge is 0.394 e. The zero-order valence-electron chi connectivity index (χ0n) is 42.4. The van der Waals surface area contributed by atoms with Gasteiger partial charge < -0.3 is 40.6 Å². The van der Waals surface area contributed by atoms with Crippen molar-refractivity contribution < 1.29 is 75.4 Å². The molecule has 3 aromatic heterocycles. The van der Waals surface area contributed by atoms with Crippen molar-refractivity contribution in [3.8, 4) is 0 Å². The van der Waals surface area contributed by atoms with E-state index in [0.717, 1.165) is 0 Å². The van der Waals surface area contributed by atoms with Gasteiger partial charge in [0.2, 0.25) is 0 Å². The van der Waals surface area contributed by atoms with E-state index in [2.05, 4.69) is 30.9 Å². The Kier molecular flexibility index (Phi) is 17.1. The van der Waals surface area contributed by atoms with Crippen molar-refractivity contribution in [2.75, 3.05) is 19.8 Å². The number of phosphoric ester groups is 3. The van der Waals surface area contributed by atoms with E-state index < -0.39 is 97.4 Å². The van der Waals surface area contributed by atoms with Crippen molar-refractivity contribution in [3.05, 3.63) is 162 Å². The van der Waals surface area contributed by atoms with Gasteiger partial charge in [-0.1, -0.05) is 109 Å². The second-order valence-corrected chi connectivity index (χ2v) is 22.4. The molecule has 410 valence electrons. The number of pyridine rings is 3. The quantitative estimate of drug-likeness (QED) is 0.0235. The Morgan fingerprint density at radius 3 is 0.924 bits per heavy atom. The molecule has 0 saturated carbocycles. The van der Waals surface area contributed by atoms with Gasteiger partial charge in [0.1, 0.15) is 0 Å². The summed E-state index contributed by atoms with van der Waals surface area (Å²) in [6.07, 6.45) is -4.62. The molecular formula is C54H53N6O16P3. The molecule has 22 nitrogen and oxygen atoms in total. The van der Waals surface area contributed by atoms with Crippen molar-refractivity contribution in [2.45, 2.75) is 57.2 Å². The second-order valence-electron chi connectivity index (χ2n) is 18.4. The number of carbonyl (C=O) groups excluding carboxylic acids is 3. The Bertz CT molecular complexity index is 3780. The third-order valence-corrected chi connectivity index (χ3v) is 15.8. The van der Waals surface area contributed by atoms with Gasteiger partial charge in [-0.2, -0.15) is 0 Å². The van der Waals surface area contributed by atoms with Crippen LogP contribution in [0.2, 0.25) is 0 Å². The first-order chi connectivity index (χ1) is 37.7. The fourth-order valence-electron chi connectivity index (χ4n) is 9.14. The van der Waals surface area contributed by atoms with E-state index in [4.69, 9.17) is 22.6 Å². The highest BCUT2D eigenvalue weighted by Crippen LogP contribution is 2.48. The molecule has 8 atom stereocenters. The summed E-state index contributed by atoms with van der Waals surface area (Å²) in [5, 5.41) is 21.2. The van der Waals surface area contributed by atoms with Crippen LogP contribution in [0, 0.1) is 0 Å². The number of nitrogens with zero attached hydrogens (tertiary/aromatic N) is 3. The molecule has 25 heteroatoms. The number of amides is 3. The molecule has 8 unspecified atom stereocenters. The Labute approximate surface area is 450 Å². The summed E-state index contributed by atoms with van der Waals surface area (Å²) in [6.45, 7) is 1.06. The van der Waals surface area contributed by atoms with Crippen LogP contribution in [0.25, 0.3) is 65.4 Å². The Hall–Kier alpha value is -6.97. The number of hydrogen-bond acceptors (Lipinski definition) is 15. The van der Waals surface area contributed by atoms with Crippen molar-refractivity contribution in [3.63, 3.8) is 0 Å². The molecule has 0 saturated heterocycles. The number of hydrogen-bond donors (Lipinski definition) is 8. The average Bonchev–Trinajstić information content (AvgIpc) is 3.58. The first kappa shape index (κ1) is 56.7. The van der Waals surface area contributed by atoms with E-state index in [-0.39, 0.29) is 16.7 Å². The van der Waals surface area contributed by atoms with E-state index in [0.29, 0.717) is 65.4 Å². The normalized spacial score (nSPS) is 15.9. The number of carbonyl (C=O) groups is 3. The van der Waals surface area contributed by atoms with Gasteiger partial charge in [0, 0.05) is 32.3 Å². The monoisotopic (exact) mass is 1130 g/mol. The van der Waals surface area contributed by atoms with Gasteiger partial charge in [0.25, 0.3) is 17.7 Å². The van der Waals surface area contributed by atoms with Gasteiger partial charge in [-0.05, 0) is 57.2 Å². The molecule has 0 radical (unpaired) electrons. The summed E-state index contributed by atoms with van der Waals surface area (Å²) in [7, 11) is -15.9. The summed E-state index contributed by atoms with van der Waals surface area (Å²) in [5.74, 6) is -2.22. The average molecular weight is 1130 g/mol. The summed E-state index contributed by atoms with van der Waals surface area (Å²) < 4.78 is 66.7. The number of fused-ring (bicyclic) bond motifs is 6. The third-order valence-electron chi connectivity index (χ3n) is 13.0. The van der Waals surface area contributed by atoms with Gasteiger partial charge >= 0.3 is 23.5 Å². The number of phosphoric acid groups is 3. The predicted molar refractivity (Wildman–Crippen MR) is 294 cm³/mol. The van der Waals surface area contributed by atoms with Crippen molar-refractivity contribution in [1.82, 2.24) is 30.9 Å². The first-order valence-electron chi connectivity index (χ1n) is 24.6. The Balaban J connectivity index is 0.955. The molecule has 0 spiro atoms. The summed E-state index contributed by atoms with van der Waals surface area (Å²) in [4.78, 5) is 98.8. The first-order valence-corrected chi connectivity index (χ1v) is 29.1. The van der Waals surface area contributed by atoms with Crippen LogP contribution in [0.15, 0.2) is 146 Å². The standard InChI is InChI=1S/C54H53N6O16P3/c1-31(46(28-61)58-52(62)49-34-16-4-10-22-40(34)55-41-23-11-5-17-35(41)49)75-78(68,69)73-30-48(60-54(64)51-38-20-8-14-26-44(38)57-45-27-15-9-21-39(45)51)33(3)76-79(70,71)72-29-47(32(2)74-77(65,66)67)59-53(63)50-36-18-6-12-24-42(36)56-43-25-13-7-19-37(43)50/h4-27,31-33,46-48,61H,28-30H2,1-3H3,(H,58,62)(H,59,63)(H,60,64)(H,68,69)(H,70,71)(H2,65,66,67). The number of aliphatic hydroxyl groups excluding tert-OH is 1. The number of nitrogens with one attached hydrogen (secondary N) is 3. The largest absolute Gasteiger partial charge is 0.472 e. The number of aromatic nitrogens is 3. The second kappa shape index (κ2) is 23.8. The zero-order chi connectivity index (χ0) is 56.2. The number of rotatable bonds is 22. The Morgan fingerprint density at radius 2 is 0.658 bits per heavy atom. The highest BCUT2D eigenvalue weighted by atomic mass is 31.2. The van der Waals surface area contributed by atoms with Gasteiger partial charge in [-0.3, -0.25) is 37.0 Å². The summed E-state index contributed by atoms with van der Waals surface area (Å²) in [5.41, 5.74) is 3.33. The summed E-state index contributed by atoms with van der Waals surface area (Å²) in [6, 6.07) is 36.5. The molecule has 0 aliphatic heterocycles. The molecule has 3 heterocycles. The molecule has 9 rings (SSSR count). The van der Waals surface area contributed by atoms with Crippen LogP contribution in [-0.2, 0) is 36.3 Å². The molecule has 8 N–H and O–H groups in total. The minimum absolute atomic E-state index is 0.113.